The predicted molar refractivity (Wildman–Crippen MR) is 80.8 cm³/mol. The van der Waals surface area contributed by atoms with Gasteiger partial charge in [-0.25, -0.2) is 0 Å². The number of nitrogens with one attached hydrogen (secondary N) is 1. The van der Waals surface area contributed by atoms with Crippen LogP contribution in [0, 0.1) is 0 Å². The summed E-state index contributed by atoms with van der Waals surface area (Å²) in [6.07, 6.45) is 1.69. The van der Waals surface area contributed by atoms with Gasteiger partial charge in [0.15, 0.2) is 0 Å². The molecule has 2 aromatic heterocycles. The standard InChI is InChI=1S/C15H14ClNOS/c1-10(12-6-4-8-18-12)17-9-14-15(16)11-5-2-3-7-13(11)19-14/h2-8,10,17H,9H2,1H3. The Hall–Kier alpha value is -1.29. The van der Waals surface area contributed by atoms with E-state index in [4.69, 9.17) is 16.0 Å². The fourth-order valence-corrected chi connectivity index (χ4v) is 3.51. The maximum absolute atomic E-state index is 6.41. The average molecular weight is 292 g/mol. The largest absolute Gasteiger partial charge is 0.468 e. The van der Waals surface area contributed by atoms with E-state index in [0.717, 1.165) is 22.7 Å². The van der Waals surface area contributed by atoms with Crippen LogP contribution in [0.2, 0.25) is 5.02 Å². The summed E-state index contributed by atoms with van der Waals surface area (Å²) in [5.41, 5.74) is 0. The summed E-state index contributed by atoms with van der Waals surface area (Å²) < 4.78 is 6.61. The van der Waals surface area contributed by atoms with Crippen molar-refractivity contribution in [1.29, 1.82) is 0 Å². The van der Waals surface area contributed by atoms with Crippen LogP contribution >= 0.6 is 22.9 Å². The molecule has 0 fully saturated rings. The van der Waals surface area contributed by atoms with E-state index in [9.17, 15) is 0 Å². The molecular formula is C15H14ClNOS. The Kier molecular flexibility index (Phi) is 3.60. The number of furan rings is 1. The van der Waals surface area contributed by atoms with Crippen LogP contribution in [0.15, 0.2) is 47.1 Å². The number of thiophene rings is 1. The molecule has 19 heavy (non-hydrogen) atoms. The highest BCUT2D eigenvalue weighted by atomic mass is 35.5. The molecule has 0 saturated heterocycles. The minimum Gasteiger partial charge on any atom is -0.468 e. The van der Waals surface area contributed by atoms with E-state index in [1.54, 1.807) is 17.6 Å². The van der Waals surface area contributed by atoms with Gasteiger partial charge in [0.1, 0.15) is 5.76 Å². The van der Waals surface area contributed by atoms with Crippen LogP contribution in [-0.4, -0.2) is 0 Å². The van der Waals surface area contributed by atoms with Gasteiger partial charge in [0.2, 0.25) is 0 Å². The van der Waals surface area contributed by atoms with Gasteiger partial charge < -0.3 is 9.73 Å². The van der Waals surface area contributed by atoms with Crippen LogP contribution in [0.25, 0.3) is 10.1 Å². The zero-order valence-corrected chi connectivity index (χ0v) is 12.1. The molecule has 3 rings (SSSR count). The van der Waals surface area contributed by atoms with E-state index < -0.39 is 0 Å². The first-order chi connectivity index (χ1) is 9.25. The van der Waals surface area contributed by atoms with Crippen LogP contribution in [0.1, 0.15) is 23.6 Å². The number of hydrogen-bond acceptors (Lipinski definition) is 3. The normalized spacial score (nSPS) is 12.9. The van der Waals surface area contributed by atoms with Gasteiger partial charge in [0, 0.05) is 21.5 Å². The minimum absolute atomic E-state index is 0.177. The number of halogens is 1. The lowest BCUT2D eigenvalue weighted by atomic mass is 10.2. The summed E-state index contributed by atoms with van der Waals surface area (Å²) >= 11 is 8.15. The van der Waals surface area contributed by atoms with Crippen LogP contribution in [0.4, 0.5) is 0 Å². The molecule has 0 aliphatic carbocycles. The second-order valence-corrected chi connectivity index (χ2v) is 5.97. The fraction of sp³-hybridized carbons (Fsp3) is 0.200. The fourth-order valence-electron chi connectivity index (χ4n) is 2.06. The number of fused-ring (bicyclic) bond motifs is 1. The van der Waals surface area contributed by atoms with Gasteiger partial charge in [-0.15, -0.1) is 11.3 Å². The van der Waals surface area contributed by atoms with Crippen molar-refractivity contribution in [2.75, 3.05) is 0 Å². The first-order valence-corrected chi connectivity index (χ1v) is 7.38. The summed E-state index contributed by atoms with van der Waals surface area (Å²) in [6, 6.07) is 12.3. The molecule has 1 unspecified atom stereocenters. The predicted octanol–water partition coefficient (Wildman–Crippen LogP) is 5.00. The molecule has 3 aromatic rings. The number of rotatable bonds is 4. The van der Waals surface area contributed by atoms with E-state index in [1.807, 2.05) is 24.3 Å². The molecule has 0 aliphatic rings. The first-order valence-electron chi connectivity index (χ1n) is 6.18. The molecule has 98 valence electrons. The highest BCUT2D eigenvalue weighted by molar-refractivity contribution is 7.19. The van der Waals surface area contributed by atoms with E-state index in [-0.39, 0.29) is 6.04 Å². The summed E-state index contributed by atoms with van der Waals surface area (Å²) in [4.78, 5) is 1.17. The highest BCUT2D eigenvalue weighted by Crippen LogP contribution is 2.35. The smallest absolute Gasteiger partial charge is 0.120 e. The topological polar surface area (TPSA) is 25.2 Å². The molecule has 4 heteroatoms. The zero-order chi connectivity index (χ0) is 13.2. The van der Waals surface area contributed by atoms with Crippen molar-refractivity contribution in [3.8, 4) is 0 Å². The van der Waals surface area contributed by atoms with Crippen molar-refractivity contribution in [2.24, 2.45) is 0 Å². The van der Waals surface area contributed by atoms with E-state index in [1.165, 1.54) is 9.58 Å². The molecule has 1 N–H and O–H groups in total. The molecule has 0 saturated carbocycles. The third kappa shape index (κ3) is 2.54. The quantitative estimate of drug-likeness (QED) is 0.732. The van der Waals surface area contributed by atoms with Crippen molar-refractivity contribution in [2.45, 2.75) is 19.5 Å². The third-order valence-corrected chi connectivity index (χ3v) is 4.85. The Bertz CT molecular complexity index is 675. The van der Waals surface area contributed by atoms with Crippen molar-refractivity contribution in [3.63, 3.8) is 0 Å². The summed E-state index contributed by atoms with van der Waals surface area (Å²) in [5, 5.41) is 5.43. The monoisotopic (exact) mass is 291 g/mol. The Morgan fingerprint density at radius 3 is 2.84 bits per heavy atom. The second kappa shape index (κ2) is 5.37. The van der Waals surface area contributed by atoms with E-state index in [0.29, 0.717) is 0 Å². The lowest BCUT2D eigenvalue weighted by Gasteiger charge is -2.10. The molecule has 1 atom stereocenters. The highest BCUT2D eigenvalue weighted by Gasteiger charge is 2.12. The molecule has 0 aliphatic heterocycles. The van der Waals surface area contributed by atoms with Crippen molar-refractivity contribution in [1.82, 2.24) is 5.32 Å². The maximum Gasteiger partial charge on any atom is 0.120 e. The maximum atomic E-state index is 6.41. The van der Waals surface area contributed by atoms with Crippen LogP contribution in [-0.2, 0) is 6.54 Å². The Morgan fingerprint density at radius 1 is 1.26 bits per heavy atom. The summed E-state index contributed by atoms with van der Waals surface area (Å²) in [7, 11) is 0. The second-order valence-electron chi connectivity index (χ2n) is 4.45. The Morgan fingerprint density at radius 2 is 2.11 bits per heavy atom. The van der Waals surface area contributed by atoms with Crippen LogP contribution in [0.3, 0.4) is 0 Å². The van der Waals surface area contributed by atoms with Gasteiger partial charge in [-0.1, -0.05) is 29.8 Å². The molecule has 0 spiro atoms. The van der Waals surface area contributed by atoms with Crippen molar-refractivity contribution < 1.29 is 4.42 Å². The van der Waals surface area contributed by atoms with Gasteiger partial charge in [-0.05, 0) is 25.1 Å². The van der Waals surface area contributed by atoms with E-state index >= 15 is 0 Å². The molecule has 0 amide bonds. The molecule has 0 bridgehead atoms. The molecule has 0 radical (unpaired) electrons. The Balaban J connectivity index is 1.77. The SMILES string of the molecule is CC(NCc1sc2ccccc2c1Cl)c1ccco1. The molecule has 2 nitrogen and oxygen atoms in total. The third-order valence-electron chi connectivity index (χ3n) is 3.14. The summed E-state index contributed by atoms with van der Waals surface area (Å²) in [5.74, 6) is 0.942. The lowest BCUT2D eigenvalue weighted by molar-refractivity contribution is 0.431. The number of hydrogen-bond donors (Lipinski definition) is 1. The van der Waals surface area contributed by atoms with Crippen molar-refractivity contribution in [3.05, 3.63) is 58.3 Å². The molecule has 1 aromatic carbocycles. The van der Waals surface area contributed by atoms with Crippen LogP contribution < -0.4 is 5.32 Å². The lowest BCUT2D eigenvalue weighted by Crippen LogP contribution is -2.16. The van der Waals surface area contributed by atoms with Gasteiger partial charge >= 0.3 is 0 Å². The first kappa shape index (κ1) is 12.7. The average Bonchev–Trinajstić information content (AvgIpc) is 3.05. The van der Waals surface area contributed by atoms with E-state index in [2.05, 4.69) is 24.4 Å². The van der Waals surface area contributed by atoms with Gasteiger partial charge in [0.25, 0.3) is 0 Å². The number of benzene rings is 1. The molecule has 2 heterocycles. The van der Waals surface area contributed by atoms with Crippen molar-refractivity contribution >= 4 is 33.0 Å². The van der Waals surface area contributed by atoms with Gasteiger partial charge in [0.05, 0.1) is 17.3 Å². The summed E-state index contributed by atoms with van der Waals surface area (Å²) in [6.45, 7) is 2.83. The van der Waals surface area contributed by atoms with Crippen LogP contribution in [0.5, 0.6) is 0 Å². The minimum atomic E-state index is 0.177. The van der Waals surface area contributed by atoms with Gasteiger partial charge in [-0.3, -0.25) is 0 Å². The van der Waals surface area contributed by atoms with Gasteiger partial charge in [-0.2, -0.15) is 0 Å². The Labute approximate surface area is 121 Å². The molecular weight excluding hydrogens is 278 g/mol. The zero-order valence-electron chi connectivity index (χ0n) is 10.5.